The van der Waals surface area contributed by atoms with Gasteiger partial charge in [0.05, 0.1) is 6.54 Å². The third kappa shape index (κ3) is 5.91. The van der Waals surface area contributed by atoms with Crippen LogP contribution in [-0.2, 0) is 11.3 Å². The van der Waals surface area contributed by atoms with Gasteiger partial charge in [-0.2, -0.15) is 0 Å². The molecule has 0 heterocycles. The van der Waals surface area contributed by atoms with Crippen LogP contribution in [0, 0.1) is 0 Å². The number of carbonyl (C=O) groups excluding carboxylic acids is 1. The predicted octanol–water partition coefficient (Wildman–Crippen LogP) is 1.80. The van der Waals surface area contributed by atoms with Crippen molar-refractivity contribution in [3.05, 3.63) is 28.2 Å². The number of halogens is 2. The number of phenols is 1. The fourth-order valence-electron chi connectivity index (χ4n) is 1.27. The van der Waals surface area contributed by atoms with Crippen molar-refractivity contribution in [3.8, 4) is 5.75 Å². The number of aromatic hydroxyl groups is 1. The summed E-state index contributed by atoms with van der Waals surface area (Å²) in [5.41, 5.74) is 0.763. The summed E-state index contributed by atoms with van der Waals surface area (Å²) < 4.78 is 0.903. The number of carbonyl (C=O) groups is 1. The molecule has 0 fully saturated rings. The highest BCUT2D eigenvalue weighted by Crippen LogP contribution is 2.21. The van der Waals surface area contributed by atoms with Gasteiger partial charge in [0, 0.05) is 23.1 Å². The Hall–Kier alpha value is -0.780. The van der Waals surface area contributed by atoms with Gasteiger partial charge in [-0.05, 0) is 25.1 Å². The van der Waals surface area contributed by atoms with Gasteiger partial charge in [-0.15, -0.1) is 12.4 Å². The molecule has 17 heavy (non-hydrogen) atoms. The molecule has 0 aliphatic heterocycles. The van der Waals surface area contributed by atoms with Crippen LogP contribution >= 0.6 is 28.3 Å². The number of rotatable bonds is 5. The minimum Gasteiger partial charge on any atom is -0.508 e. The summed E-state index contributed by atoms with van der Waals surface area (Å²) in [7, 11) is 0. The first kappa shape index (κ1) is 16.2. The molecule has 1 aromatic rings. The van der Waals surface area contributed by atoms with Crippen molar-refractivity contribution < 1.29 is 9.90 Å². The van der Waals surface area contributed by atoms with E-state index in [9.17, 15) is 9.90 Å². The number of amides is 1. The van der Waals surface area contributed by atoms with Crippen LogP contribution in [0.15, 0.2) is 22.7 Å². The number of nitrogens with one attached hydrogen (secondary N) is 2. The Morgan fingerprint density at radius 2 is 2.18 bits per heavy atom. The zero-order chi connectivity index (χ0) is 12.0. The summed E-state index contributed by atoms with van der Waals surface area (Å²) in [4.78, 5) is 11.1. The molecule has 0 radical (unpaired) electrons. The second-order valence-electron chi connectivity index (χ2n) is 3.33. The number of benzene rings is 1. The predicted molar refractivity (Wildman–Crippen MR) is 73.4 cm³/mol. The second kappa shape index (κ2) is 8.33. The normalized spacial score (nSPS) is 9.53. The third-order valence-corrected chi connectivity index (χ3v) is 2.51. The first-order valence-electron chi connectivity index (χ1n) is 5.08. The van der Waals surface area contributed by atoms with Gasteiger partial charge < -0.3 is 15.7 Å². The molecule has 6 heteroatoms. The molecule has 4 nitrogen and oxygen atoms in total. The van der Waals surface area contributed by atoms with E-state index in [0.29, 0.717) is 13.1 Å². The van der Waals surface area contributed by atoms with E-state index in [1.54, 1.807) is 12.1 Å². The Labute approximate surface area is 115 Å². The Bertz CT molecular complexity index is 374. The largest absolute Gasteiger partial charge is 0.508 e. The third-order valence-electron chi connectivity index (χ3n) is 2.02. The van der Waals surface area contributed by atoms with E-state index in [-0.39, 0.29) is 30.6 Å². The molecule has 0 saturated carbocycles. The zero-order valence-electron chi connectivity index (χ0n) is 9.50. The van der Waals surface area contributed by atoms with E-state index < -0.39 is 0 Å². The first-order chi connectivity index (χ1) is 7.63. The molecule has 1 aromatic carbocycles. The van der Waals surface area contributed by atoms with Crippen LogP contribution in [0.4, 0.5) is 0 Å². The standard InChI is InChI=1S/C11H15BrN2O2.ClH/c1-2-14-11(16)7-13-6-8-5-9(12)3-4-10(8)15;/h3-5,13,15H,2,6-7H2,1H3,(H,14,16);1H. The van der Waals surface area contributed by atoms with Crippen molar-refractivity contribution in [2.24, 2.45) is 0 Å². The molecule has 0 bridgehead atoms. The monoisotopic (exact) mass is 322 g/mol. The van der Waals surface area contributed by atoms with Crippen LogP contribution in [0.1, 0.15) is 12.5 Å². The maximum atomic E-state index is 11.1. The highest BCUT2D eigenvalue weighted by atomic mass is 79.9. The average Bonchev–Trinajstić information content (AvgIpc) is 2.23. The molecule has 0 spiro atoms. The molecule has 1 amide bonds. The van der Waals surface area contributed by atoms with Crippen LogP contribution in [0.2, 0.25) is 0 Å². The summed E-state index contributed by atoms with van der Waals surface area (Å²) in [6.07, 6.45) is 0. The Balaban J connectivity index is 0.00000256. The van der Waals surface area contributed by atoms with Crippen LogP contribution in [0.25, 0.3) is 0 Å². The molecule has 0 aliphatic rings. The zero-order valence-corrected chi connectivity index (χ0v) is 11.9. The van der Waals surface area contributed by atoms with Gasteiger partial charge in [0.15, 0.2) is 0 Å². The summed E-state index contributed by atoms with van der Waals surface area (Å²) in [5.74, 6) is 0.184. The lowest BCUT2D eigenvalue weighted by molar-refractivity contribution is -0.120. The highest BCUT2D eigenvalue weighted by Gasteiger charge is 2.03. The Morgan fingerprint density at radius 3 is 2.82 bits per heavy atom. The highest BCUT2D eigenvalue weighted by molar-refractivity contribution is 9.10. The van der Waals surface area contributed by atoms with Gasteiger partial charge in [-0.25, -0.2) is 0 Å². The molecule has 96 valence electrons. The van der Waals surface area contributed by atoms with E-state index in [0.717, 1.165) is 10.0 Å². The average molecular weight is 324 g/mol. The molecule has 0 aromatic heterocycles. The topological polar surface area (TPSA) is 61.4 Å². The minimum atomic E-state index is -0.0445. The van der Waals surface area contributed by atoms with Crippen LogP contribution in [0.3, 0.4) is 0 Å². The van der Waals surface area contributed by atoms with Gasteiger partial charge in [-0.3, -0.25) is 4.79 Å². The number of hydrogen-bond donors (Lipinski definition) is 3. The van der Waals surface area contributed by atoms with Crippen molar-refractivity contribution in [2.45, 2.75) is 13.5 Å². The molecular weight excluding hydrogens is 307 g/mol. The van der Waals surface area contributed by atoms with Gasteiger partial charge in [-0.1, -0.05) is 15.9 Å². The van der Waals surface area contributed by atoms with Crippen LogP contribution in [-0.4, -0.2) is 24.1 Å². The molecule has 3 N–H and O–H groups in total. The fourth-order valence-corrected chi connectivity index (χ4v) is 1.67. The van der Waals surface area contributed by atoms with Crippen molar-refractivity contribution in [2.75, 3.05) is 13.1 Å². The van der Waals surface area contributed by atoms with Crippen molar-refractivity contribution >= 4 is 34.2 Å². The Morgan fingerprint density at radius 1 is 1.47 bits per heavy atom. The summed E-state index contributed by atoms with van der Waals surface area (Å²) in [6, 6.07) is 5.20. The minimum absolute atomic E-state index is 0. The molecule has 0 unspecified atom stereocenters. The quantitative estimate of drug-likeness (QED) is 0.774. The van der Waals surface area contributed by atoms with Crippen LogP contribution in [0.5, 0.6) is 5.75 Å². The number of likely N-dealkylation sites (N-methyl/N-ethyl adjacent to an activating group) is 1. The second-order valence-corrected chi connectivity index (χ2v) is 4.25. The molecular formula is C11H16BrClN2O2. The van der Waals surface area contributed by atoms with Gasteiger partial charge >= 0.3 is 0 Å². The van der Waals surface area contributed by atoms with Crippen molar-refractivity contribution in [1.82, 2.24) is 10.6 Å². The smallest absolute Gasteiger partial charge is 0.233 e. The Kier molecular flexibility index (Phi) is 7.95. The van der Waals surface area contributed by atoms with Crippen molar-refractivity contribution in [1.29, 1.82) is 0 Å². The molecule has 1 rings (SSSR count). The van der Waals surface area contributed by atoms with E-state index in [4.69, 9.17) is 0 Å². The summed E-state index contributed by atoms with van der Waals surface area (Å²) in [6.45, 7) is 3.21. The van der Waals surface area contributed by atoms with E-state index in [1.807, 2.05) is 13.0 Å². The SMILES string of the molecule is CCNC(=O)CNCc1cc(Br)ccc1O.Cl. The lowest BCUT2D eigenvalue weighted by atomic mass is 10.2. The summed E-state index contributed by atoms with van der Waals surface area (Å²) >= 11 is 3.32. The first-order valence-corrected chi connectivity index (χ1v) is 5.87. The fraction of sp³-hybridized carbons (Fsp3) is 0.364. The van der Waals surface area contributed by atoms with Crippen LogP contribution < -0.4 is 10.6 Å². The van der Waals surface area contributed by atoms with Gasteiger partial charge in [0.25, 0.3) is 0 Å². The maximum Gasteiger partial charge on any atom is 0.233 e. The van der Waals surface area contributed by atoms with Crippen molar-refractivity contribution in [3.63, 3.8) is 0 Å². The van der Waals surface area contributed by atoms with E-state index in [1.165, 1.54) is 0 Å². The molecule has 0 saturated heterocycles. The lowest BCUT2D eigenvalue weighted by Gasteiger charge is -2.07. The number of phenolic OH excluding ortho intramolecular Hbond substituents is 1. The molecule has 0 aliphatic carbocycles. The van der Waals surface area contributed by atoms with Gasteiger partial charge in [0.1, 0.15) is 5.75 Å². The van der Waals surface area contributed by atoms with E-state index in [2.05, 4.69) is 26.6 Å². The lowest BCUT2D eigenvalue weighted by Crippen LogP contribution is -2.33. The van der Waals surface area contributed by atoms with E-state index >= 15 is 0 Å². The number of hydrogen-bond acceptors (Lipinski definition) is 3. The summed E-state index contributed by atoms with van der Waals surface area (Å²) in [5, 5.41) is 15.2. The molecule has 0 atom stereocenters. The van der Waals surface area contributed by atoms with Gasteiger partial charge in [0.2, 0.25) is 5.91 Å². The maximum absolute atomic E-state index is 11.1.